The minimum atomic E-state index is -0.0127. The zero-order chi connectivity index (χ0) is 17.1. The maximum atomic E-state index is 12.7. The number of aromatic amines is 1. The van der Waals surface area contributed by atoms with Gasteiger partial charge in [0.1, 0.15) is 0 Å². The van der Waals surface area contributed by atoms with E-state index in [-0.39, 0.29) is 12.1 Å². The van der Waals surface area contributed by atoms with E-state index in [2.05, 4.69) is 25.3 Å². The normalized spacial score (nSPS) is 21.6. The van der Waals surface area contributed by atoms with Crippen molar-refractivity contribution in [3.8, 4) is 0 Å². The van der Waals surface area contributed by atoms with Gasteiger partial charge in [0.15, 0.2) is 0 Å². The molecule has 2 fully saturated rings. The summed E-state index contributed by atoms with van der Waals surface area (Å²) in [6, 6.07) is 2.66. The van der Waals surface area contributed by atoms with Crippen LogP contribution in [0.25, 0.3) is 0 Å². The van der Waals surface area contributed by atoms with E-state index in [1.807, 2.05) is 29.6 Å². The molecule has 4 rings (SSSR count). The number of likely N-dealkylation sites (tertiary alicyclic amines) is 1. The Labute approximate surface area is 147 Å². The van der Waals surface area contributed by atoms with Crippen LogP contribution in [0.5, 0.6) is 0 Å². The third-order valence-corrected chi connectivity index (χ3v) is 5.45. The quantitative estimate of drug-likeness (QED) is 0.896. The molecule has 0 unspecified atom stereocenters. The Hall–Kier alpha value is -2.31. The van der Waals surface area contributed by atoms with E-state index in [0.29, 0.717) is 12.6 Å². The molecule has 3 heterocycles. The number of nitrogens with one attached hydrogen (secondary N) is 2. The molecule has 0 aromatic carbocycles. The Kier molecular flexibility index (Phi) is 4.72. The Morgan fingerprint density at radius 2 is 2.08 bits per heavy atom. The topological polar surface area (TPSA) is 78.8 Å². The van der Waals surface area contributed by atoms with Crippen molar-refractivity contribution < 1.29 is 4.79 Å². The van der Waals surface area contributed by atoms with Gasteiger partial charge in [0.25, 0.3) is 0 Å². The van der Waals surface area contributed by atoms with E-state index >= 15 is 0 Å². The van der Waals surface area contributed by atoms with E-state index in [9.17, 15) is 4.79 Å². The second kappa shape index (κ2) is 7.29. The smallest absolute Gasteiger partial charge is 0.318 e. The molecule has 7 heteroatoms. The molecule has 2 N–H and O–H groups in total. The van der Waals surface area contributed by atoms with Gasteiger partial charge < -0.3 is 10.2 Å². The number of carbonyl (C=O) groups is 1. The monoisotopic (exact) mass is 342 g/mol. The molecule has 2 aromatic heterocycles. The highest BCUT2D eigenvalue weighted by Gasteiger charge is 2.28. The highest BCUT2D eigenvalue weighted by Crippen LogP contribution is 2.30. The van der Waals surface area contributed by atoms with Crippen molar-refractivity contribution in [2.75, 3.05) is 6.54 Å². The zero-order valence-corrected chi connectivity index (χ0v) is 14.5. The third kappa shape index (κ3) is 3.55. The van der Waals surface area contributed by atoms with Crippen LogP contribution in [0, 0.1) is 0 Å². The van der Waals surface area contributed by atoms with Gasteiger partial charge in [0, 0.05) is 24.5 Å². The SMILES string of the molecule is O=C(NCc1ccn(C2CCCC2)n1)N1CCCC[C@@H]1c1cn[nH]c1. The number of piperidine rings is 1. The van der Waals surface area contributed by atoms with Crippen LogP contribution in [0.2, 0.25) is 0 Å². The lowest BCUT2D eigenvalue weighted by molar-refractivity contribution is 0.151. The molecule has 2 aliphatic rings. The molecule has 1 atom stereocenters. The first-order valence-corrected chi connectivity index (χ1v) is 9.38. The Balaban J connectivity index is 1.36. The van der Waals surface area contributed by atoms with Gasteiger partial charge in [0.05, 0.1) is 30.5 Å². The molecule has 1 saturated carbocycles. The maximum absolute atomic E-state index is 12.7. The maximum Gasteiger partial charge on any atom is 0.318 e. The van der Waals surface area contributed by atoms with Crippen LogP contribution in [0.15, 0.2) is 24.7 Å². The third-order valence-electron chi connectivity index (χ3n) is 5.45. The second-order valence-corrected chi connectivity index (χ2v) is 7.12. The minimum absolute atomic E-state index is 0.0127. The van der Waals surface area contributed by atoms with Crippen molar-refractivity contribution >= 4 is 6.03 Å². The standard InChI is InChI=1S/C18H26N6O/c25-18(23-9-4-3-7-17(23)14-11-20-21-12-14)19-13-15-8-10-24(22-15)16-5-1-2-6-16/h8,10-12,16-17H,1-7,9,13H2,(H,19,25)(H,20,21)/t17-/m1/s1. The van der Waals surface area contributed by atoms with Gasteiger partial charge in [-0.15, -0.1) is 0 Å². The average molecular weight is 342 g/mol. The van der Waals surface area contributed by atoms with Gasteiger partial charge in [-0.2, -0.15) is 10.2 Å². The molecule has 2 amide bonds. The highest BCUT2D eigenvalue weighted by atomic mass is 16.2. The molecular formula is C18H26N6O. The van der Waals surface area contributed by atoms with Crippen molar-refractivity contribution in [1.29, 1.82) is 0 Å². The summed E-state index contributed by atoms with van der Waals surface area (Å²) in [5.74, 6) is 0. The largest absolute Gasteiger partial charge is 0.332 e. The Morgan fingerprint density at radius 3 is 2.88 bits per heavy atom. The van der Waals surface area contributed by atoms with Crippen LogP contribution in [-0.4, -0.2) is 37.5 Å². The first-order chi connectivity index (χ1) is 12.3. The van der Waals surface area contributed by atoms with E-state index in [1.165, 1.54) is 25.7 Å². The number of urea groups is 1. The molecule has 0 radical (unpaired) electrons. The fourth-order valence-electron chi connectivity index (χ4n) is 4.08. The minimum Gasteiger partial charge on any atom is -0.332 e. The summed E-state index contributed by atoms with van der Waals surface area (Å²) < 4.78 is 2.07. The fraction of sp³-hybridized carbons (Fsp3) is 0.611. The summed E-state index contributed by atoms with van der Waals surface area (Å²) >= 11 is 0. The number of hydrogen-bond donors (Lipinski definition) is 2. The van der Waals surface area contributed by atoms with Gasteiger partial charge in [-0.1, -0.05) is 12.8 Å². The molecule has 1 saturated heterocycles. The van der Waals surface area contributed by atoms with E-state index in [0.717, 1.165) is 37.1 Å². The second-order valence-electron chi connectivity index (χ2n) is 7.12. The predicted molar refractivity (Wildman–Crippen MR) is 93.9 cm³/mol. The molecule has 1 aliphatic carbocycles. The Morgan fingerprint density at radius 1 is 1.24 bits per heavy atom. The van der Waals surface area contributed by atoms with Gasteiger partial charge >= 0.3 is 6.03 Å². The molecule has 134 valence electrons. The van der Waals surface area contributed by atoms with Gasteiger partial charge in [-0.25, -0.2) is 4.79 Å². The van der Waals surface area contributed by atoms with Gasteiger partial charge in [-0.3, -0.25) is 9.78 Å². The molecule has 2 aromatic rings. The van der Waals surface area contributed by atoms with Crippen LogP contribution in [-0.2, 0) is 6.54 Å². The van der Waals surface area contributed by atoms with Crippen molar-refractivity contribution in [2.45, 2.75) is 63.6 Å². The van der Waals surface area contributed by atoms with Crippen LogP contribution in [0.3, 0.4) is 0 Å². The van der Waals surface area contributed by atoms with Crippen molar-refractivity contribution in [3.05, 3.63) is 35.9 Å². The van der Waals surface area contributed by atoms with Crippen LogP contribution in [0.4, 0.5) is 4.79 Å². The zero-order valence-electron chi connectivity index (χ0n) is 14.5. The Bertz CT molecular complexity index is 688. The molecule has 1 aliphatic heterocycles. The fourth-order valence-corrected chi connectivity index (χ4v) is 4.08. The number of H-pyrrole nitrogens is 1. The van der Waals surface area contributed by atoms with Crippen molar-refractivity contribution in [3.63, 3.8) is 0 Å². The molecule has 25 heavy (non-hydrogen) atoms. The summed E-state index contributed by atoms with van der Waals surface area (Å²) in [6.07, 6.45) is 14.0. The van der Waals surface area contributed by atoms with E-state index in [1.54, 1.807) is 0 Å². The molecule has 0 spiro atoms. The van der Waals surface area contributed by atoms with Crippen molar-refractivity contribution in [2.24, 2.45) is 0 Å². The first kappa shape index (κ1) is 16.2. The van der Waals surface area contributed by atoms with Crippen LogP contribution < -0.4 is 5.32 Å². The number of aromatic nitrogens is 4. The molecule has 0 bridgehead atoms. The summed E-state index contributed by atoms with van der Waals surface area (Å²) in [7, 11) is 0. The number of carbonyl (C=O) groups excluding carboxylic acids is 1. The summed E-state index contributed by atoms with van der Waals surface area (Å²) in [4.78, 5) is 14.6. The van der Waals surface area contributed by atoms with Crippen LogP contribution >= 0.6 is 0 Å². The first-order valence-electron chi connectivity index (χ1n) is 9.38. The lowest BCUT2D eigenvalue weighted by Gasteiger charge is -2.35. The highest BCUT2D eigenvalue weighted by molar-refractivity contribution is 5.74. The number of hydrogen-bond acceptors (Lipinski definition) is 3. The summed E-state index contributed by atoms with van der Waals surface area (Å²) in [5, 5.41) is 14.6. The van der Waals surface area contributed by atoms with E-state index in [4.69, 9.17) is 0 Å². The average Bonchev–Trinajstić information content (AvgIpc) is 3.41. The number of amides is 2. The van der Waals surface area contributed by atoms with Gasteiger partial charge in [0.2, 0.25) is 0 Å². The lowest BCUT2D eigenvalue weighted by atomic mass is 9.98. The molecular weight excluding hydrogens is 316 g/mol. The number of nitrogens with zero attached hydrogens (tertiary/aromatic N) is 4. The molecule has 7 nitrogen and oxygen atoms in total. The van der Waals surface area contributed by atoms with E-state index < -0.39 is 0 Å². The van der Waals surface area contributed by atoms with Gasteiger partial charge in [-0.05, 0) is 38.2 Å². The summed E-state index contributed by atoms with van der Waals surface area (Å²) in [5.41, 5.74) is 2.01. The number of rotatable bonds is 4. The predicted octanol–water partition coefficient (Wildman–Crippen LogP) is 3.16. The summed E-state index contributed by atoms with van der Waals surface area (Å²) in [6.45, 7) is 1.27. The van der Waals surface area contributed by atoms with Crippen molar-refractivity contribution in [1.82, 2.24) is 30.2 Å². The van der Waals surface area contributed by atoms with Crippen LogP contribution in [0.1, 0.15) is 68.3 Å². The lowest BCUT2D eigenvalue weighted by Crippen LogP contribution is -2.44.